The molecule has 0 radical (unpaired) electrons. The molecule has 0 bridgehead atoms. The van der Waals surface area contributed by atoms with Crippen molar-refractivity contribution in [3.8, 4) is 0 Å². The van der Waals surface area contributed by atoms with E-state index in [1.807, 2.05) is 13.2 Å². The van der Waals surface area contributed by atoms with E-state index in [2.05, 4.69) is 59.9 Å². The molecular formula is C17H22ClN3. The fourth-order valence-corrected chi connectivity index (χ4v) is 2.37. The predicted molar refractivity (Wildman–Crippen MR) is 89.6 cm³/mol. The molecule has 2 aromatic rings. The van der Waals surface area contributed by atoms with Crippen LogP contribution in [0.4, 0.5) is 11.4 Å². The van der Waals surface area contributed by atoms with Crippen LogP contribution >= 0.6 is 11.6 Å². The maximum atomic E-state index is 6.07. The Balaban J connectivity index is 2.35. The highest BCUT2D eigenvalue weighted by Gasteiger charge is 2.13. The van der Waals surface area contributed by atoms with E-state index in [1.54, 1.807) is 0 Å². The summed E-state index contributed by atoms with van der Waals surface area (Å²) in [6.07, 6.45) is 2.91. The van der Waals surface area contributed by atoms with Crippen LogP contribution in [-0.4, -0.2) is 17.0 Å². The van der Waals surface area contributed by atoms with Crippen LogP contribution in [0.3, 0.4) is 0 Å². The number of aryl methyl sites for hydroxylation is 1. The van der Waals surface area contributed by atoms with Crippen LogP contribution in [0.2, 0.25) is 0 Å². The lowest BCUT2D eigenvalue weighted by molar-refractivity contribution is 0.763. The Morgan fingerprint density at radius 2 is 1.86 bits per heavy atom. The molecule has 0 unspecified atom stereocenters. The molecule has 0 aliphatic rings. The summed E-state index contributed by atoms with van der Waals surface area (Å²) >= 11 is 6.07. The van der Waals surface area contributed by atoms with Gasteiger partial charge < -0.3 is 4.90 Å². The van der Waals surface area contributed by atoms with Gasteiger partial charge in [0, 0.05) is 18.7 Å². The van der Waals surface area contributed by atoms with E-state index in [1.165, 1.54) is 5.56 Å². The summed E-state index contributed by atoms with van der Waals surface area (Å²) < 4.78 is 0. The van der Waals surface area contributed by atoms with Gasteiger partial charge in [0.15, 0.2) is 0 Å². The standard InChI is InChI=1S/C17H22ClN3/c1-5-13-6-8-14(9-7-13)21(4)16-11-19-17(12(2)3)20-15(16)10-18/h6-9,11-12H,5,10H2,1-4H3. The van der Waals surface area contributed by atoms with E-state index in [4.69, 9.17) is 11.6 Å². The van der Waals surface area contributed by atoms with Gasteiger partial charge in [0.1, 0.15) is 5.82 Å². The van der Waals surface area contributed by atoms with Crippen LogP contribution in [0.25, 0.3) is 0 Å². The van der Waals surface area contributed by atoms with E-state index < -0.39 is 0 Å². The molecule has 3 nitrogen and oxygen atoms in total. The first-order valence-electron chi connectivity index (χ1n) is 7.31. The zero-order valence-electron chi connectivity index (χ0n) is 13.1. The Morgan fingerprint density at radius 1 is 1.19 bits per heavy atom. The Labute approximate surface area is 132 Å². The van der Waals surface area contributed by atoms with Gasteiger partial charge in [-0.15, -0.1) is 11.6 Å². The number of hydrogen-bond acceptors (Lipinski definition) is 3. The average molecular weight is 304 g/mol. The van der Waals surface area contributed by atoms with Crippen molar-refractivity contribution in [3.05, 3.63) is 47.5 Å². The minimum Gasteiger partial charge on any atom is -0.342 e. The predicted octanol–water partition coefficient (Wildman–Crippen LogP) is 4.67. The van der Waals surface area contributed by atoms with Gasteiger partial charge in [0.05, 0.1) is 23.5 Å². The number of benzene rings is 1. The second-order valence-corrected chi connectivity index (χ2v) is 5.69. The van der Waals surface area contributed by atoms with Crippen molar-refractivity contribution in [1.29, 1.82) is 0 Å². The summed E-state index contributed by atoms with van der Waals surface area (Å²) in [5.74, 6) is 1.52. The summed E-state index contributed by atoms with van der Waals surface area (Å²) in [6, 6.07) is 8.53. The summed E-state index contributed by atoms with van der Waals surface area (Å²) in [7, 11) is 2.02. The van der Waals surface area contributed by atoms with Crippen molar-refractivity contribution >= 4 is 23.0 Å². The third kappa shape index (κ3) is 3.53. The molecule has 0 saturated heterocycles. The molecule has 21 heavy (non-hydrogen) atoms. The normalized spacial score (nSPS) is 11.0. The quantitative estimate of drug-likeness (QED) is 0.752. The van der Waals surface area contributed by atoms with Gasteiger partial charge >= 0.3 is 0 Å². The number of nitrogens with zero attached hydrogens (tertiary/aromatic N) is 3. The molecular weight excluding hydrogens is 282 g/mol. The maximum Gasteiger partial charge on any atom is 0.131 e. The first-order valence-corrected chi connectivity index (χ1v) is 7.84. The number of anilines is 2. The molecule has 0 amide bonds. The van der Waals surface area contributed by atoms with Crippen LogP contribution < -0.4 is 4.90 Å². The van der Waals surface area contributed by atoms with Crippen LogP contribution in [0.5, 0.6) is 0 Å². The van der Waals surface area contributed by atoms with Gasteiger partial charge in [0.2, 0.25) is 0 Å². The summed E-state index contributed by atoms with van der Waals surface area (Å²) in [6.45, 7) is 6.32. The monoisotopic (exact) mass is 303 g/mol. The fraction of sp³-hybridized carbons (Fsp3) is 0.412. The molecule has 2 rings (SSSR count). The van der Waals surface area contributed by atoms with Crippen molar-refractivity contribution in [2.45, 2.75) is 39.0 Å². The molecule has 112 valence electrons. The van der Waals surface area contributed by atoms with Gasteiger partial charge in [-0.2, -0.15) is 0 Å². The Kier molecular flexibility index (Phi) is 5.18. The average Bonchev–Trinajstić information content (AvgIpc) is 2.53. The first kappa shape index (κ1) is 15.8. The number of halogens is 1. The molecule has 0 N–H and O–H groups in total. The van der Waals surface area contributed by atoms with Crippen molar-refractivity contribution in [3.63, 3.8) is 0 Å². The largest absolute Gasteiger partial charge is 0.342 e. The second-order valence-electron chi connectivity index (χ2n) is 5.43. The first-order chi connectivity index (χ1) is 10.1. The van der Waals surface area contributed by atoms with Gasteiger partial charge in [-0.3, -0.25) is 0 Å². The second kappa shape index (κ2) is 6.90. The molecule has 1 aromatic heterocycles. The SMILES string of the molecule is CCc1ccc(N(C)c2cnc(C(C)C)nc2CCl)cc1. The molecule has 4 heteroatoms. The van der Waals surface area contributed by atoms with Crippen LogP contribution in [0, 0.1) is 0 Å². The highest BCUT2D eigenvalue weighted by Crippen LogP contribution is 2.27. The Hall–Kier alpha value is -1.61. The molecule has 0 saturated carbocycles. The van der Waals surface area contributed by atoms with E-state index in [0.29, 0.717) is 11.8 Å². The van der Waals surface area contributed by atoms with Crippen molar-refractivity contribution in [2.75, 3.05) is 11.9 Å². The molecule has 1 aromatic carbocycles. The van der Waals surface area contributed by atoms with Gasteiger partial charge in [-0.1, -0.05) is 32.9 Å². The zero-order valence-corrected chi connectivity index (χ0v) is 13.9. The zero-order chi connectivity index (χ0) is 15.4. The van der Waals surface area contributed by atoms with Crippen molar-refractivity contribution in [2.24, 2.45) is 0 Å². The van der Waals surface area contributed by atoms with E-state index in [-0.39, 0.29) is 0 Å². The summed E-state index contributed by atoms with van der Waals surface area (Å²) in [5.41, 5.74) is 4.27. The molecule has 1 heterocycles. The van der Waals surface area contributed by atoms with E-state index in [0.717, 1.165) is 29.3 Å². The number of alkyl halides is 1. The summed E-state index contributed by atoms with van der Waals surface area (Å²) in [5, 5.41) is 0. The lowest BCUT2D eigenvalue weighted by Crippen LogP contribution is -2.14. The lowest BCUT2D eigenvalue weighted by atomic mass is 10.1. The summed E-state index contributed by atoms with van der Waals surface area (Å²) in [4.78, 5) is 11.1. The fourth-order valence-electron chi connectivity index (χ4n) is 2.18. The van der Waals surface area contributed by atoms with E-state index >= 15 is 0 Å². The van der Waals surface area contributed by atoms with Crippen LogP contribution in [-0.2, 0) is 12.3 Å². The maximum absolute atomic E-state index is 6.07. The van der Waals surface area contributed by atoms with Gasteiger partial charge in [0.25, 0.3) is 0 Å². The minimum atomic E-state index is 0.301. The van der Waals surface area contributed by atoms with Gasteiger partial charge in [-0.05, 0) is 24.1 Å². The Morgan fingerprint density at radius 3 is 2.38 bits per heavy atom. The lowest BCUT2D eigenvalue weighted by Gasteiger charge is -2.22. The molecule has 0 fully saturated rings. The molecule has 0 spiro atoms. The van der Waals surface area contributed by atoms with Gasteiger partial charge in [-0.25, -0.2) is 9.97 Å². The third-order valence-corrected chi connectivity index (χ3v) is 3.85. The Bertz CT molecular complexity index is 593. The smallest absolute Gasteiger partial charge is 0.131 e. The van der Waals surface area contributed by atoms with Crippen molar-refractivity contribution in [1.82, 2.24) is 9.97 Å². The van der Waals surface area contributed by atoms with E-state index in [9.17, 15) is 0 Å². The molecule has 0 aliphatic carbocycles. The third-order valence-electron chi connectivity index (χ3n) is 3.60. The number of aromatic nitrogens is 2. The van der Waals surface area contributed by atoms with Crippen LogP contribution in [0.1, 0.15) is 43.8 Å². The molecule has 0 aliphatic heterocycles. The number of rotatable bonds is 5. The number of hydrogen-bond donors (Lipinski definition) is 0. The highest BCUT2D eigenvalue weighted by atomic mass is 35.5. The highest BCUT2D eigenvalue weighted by molar-refractivity contribution is 6.17. The minimum absolute atomic E-state index is 0.301. The van der Waals surface area contributed by atoms with Crippen LogP contribution in [0.15, 0.2) is 30.5 Å². The topological polar surface area (TPSA) is 29.0 Å². The molecule has 0 atom stereocenters. The van der Waals surface area contributed by atoms with Crippen molar-refractivity contribution < 1.29 is 0 Å².